The Morgan fingerprint density at radius 2 is 1.84 bits per heavy atom. The molecule has 14 nitrogen and oxygen atoms in total. The van der Waals surface area contributed by atoms with Gasteiger partial charge in [-0.1, -0.05) is 11.2 Å². The van der Waals surface area contributed by atoms with E-state index in [1.54, 1.807) is 43.5 Å². The Labute approximate surface area is 240 Å². The Morgan fingerprint density at radius 1 is 1.07 bits per heavy atom. The molecule has 0 aliphatic rings. The zero-order valence-electron chi connectivity index (χ0n) is 22.1. The van der Waals surface area contributed by atoms with Gasteiger partial charge >= 0.3 is 12.1 Å². The van der Waals surface area contributed by atoms with Crippen LogP contribution in [-0.4, -0.2) is 62.9 Å². The van der Waals surface area contributed by atoms with Crippen LogP contribution < -0.4 is 14.2 Å². The average Bonchev–Trinajstić information content (AvgIpc) is 3.40. The van der Waals surface area contributed by atoms with Gasteiger partial charge in [-0.25, -0.2) is 23.2 Å². The number of carbonyl (C=O) groups is 1. The van der Waals surface area contributed by atoms with Gasteiger partial charge in [-0.05, 0) is 42.6 Å². The minimum Gasteiger partial charge on any atom is -0.480 e. The summed E-state index contributed by atoms with van der Waals surface area (Å²) in [6, 6.07) is 11.4. The van der Waals surface area contributed by atoms with Crippen LogP contribution in [0.2, 0.25) is 0 Å². The lowest BCUT2D eigenvalue weighted by molar-refractivity contribution is -0.192. The third-order valence-corrected chi connectivity index (χ3v) is 6.66. The van der Waals surface area contributed by atoms with Crippen molar-refractivity contribution in [1.82, 2.24) is 30.1 Å². The van der Waals surface area contributed by atoms with Crippen LogP contribution >= 0.6 is 0 Å². The molecule has 43 heavy (non-hydrogen) atoms. The molecule has 2 N–H and O–H groups in total. The molecular weight excluding hydrogens is 599 g/mol. The number of ether oxygens (including phenoxy) is 2. The Morgan fingerprint density at radius 3 is 2.47 bits per heavy atom. The van der Waals surface area contributed by atoms with Crippen molar-refractivity contribution in [2.24, 2.45) is 0 Å². The highest BCUT2D eigenvalue weighted by molar-refractivity contribution is 7.92. The molecule has 0 unspecified atom stereocenters. The fraction of sp³-hybridized carbons (Fsp3) is 0.160. The number of pyridine rings is 2. The van der Waals surface area contributed by atoms with Gasteiger partial charge in [0.1, 0.15) is 12.1 Å². The topological polar surface area (TPSA) is 192 Å². The van der Waals surface area contributed by atoms with Crippen molar-refractivity contribution < 1.29 is 45.5 Å². The molecular formula is C25H20F3N7O7S. The molecule has 4 heterocycles. The van der Waals surface area contributed by atoms with E-state index in [4.69, 9.17) is 23.9 Å². The first kappa shape index (κ1) is 30.6. The van der Waals surface area contributed by atoms with E-state index in [-0.39, 0.29) is 23.2 Å². The molecule has 0 aliphatic carbocycles. The van der Waals surface area contributed by atoms with Gasteiger partial charge in [-0.3, -0.25) is 9.71 Å². The SMILES string of the molecule is COc1nc(OCc2nc(C)no2)ccc1-c1nccc2cc(S(=O)(=O)Nc3ccncn3)ccc12.O=C(O)C(F)(F)F. The van der Waals surface area contributed by atoms with Crippen molar-refractivity contribution >= 4 is 32.6 Å². The van der Waals surface area contributed by atoms with Crippen molar-refractivity contribution in [2.75, 3.05) is 11.8 Å². The number of hydrogen-bond acceptors (Lipinski definition) is 12. The summed E-state index contributed by atoms with van der Waals surface area (Å²) in [4.78, 5) is 29.7. The van der Waals surface area contributed by atoms with Gasteiger partial charge in [-0.2, -0.15) is 23.1 Å². The highest BCUT2D eigenvalue weighted by atomic mass is 32.2. The number of aliphatic carboxylic acids is 1. The summed E-state index contributed by atoms with van der Waals surface area (Å²) in [5, 5.41) is 12.2. The Bertz CT molecular complexity index is 1850. The number of carboxylic acids is 1. The van der Waals surface area contributed by atoms with Crippen LogP contribution in [0.25, 0.3) is 22.0 Å². The number of rotatable bonds is 8. The number of nitrogens with one attached hydrogen (secondary N) is 1. The maximum atomic E-state index is 12.9. The Hall–Kier alpha value is -5.39. The number of anilines is 1. The molecule has 0 saturated carbocycles. The van der Waals surface area contributed by atoms with E-state index >= 15 is 0 Å². The number of hydrogen-bond donors (Lipinski definition) is 2. The van der Waals surface area contributed by atoms with Crippen molar-refractivity contribution in [1.29, 1.82) is 0 Å². The second-order valence-corrected chi connectivity index (χ2v) is 9.96. The second kappa shape index (κ2) is 12.6. The summed E-state index contributed by atoms with van der Waals surface area (Å²) >= 11 is 0. The van der Waals surface area contributed by atoms with Crippen LogP contribution in [-0.2, 0) is 21.4 Å². The third-order valence-electron chi connectivity index (χ3n) is 5.31. The van der Waals surface area contributed by atoms with E-state index < -0.39 is 22.2 Å². The number of fused-ring (bicyclic) bond motifs is 1. The predicted molar refractivity (Wildman–Crippen MR) is 141 cm³/mol. The van der Waals surface area contributed by atoms with Crippen LogP contribution in [0.5, 0.6) is 11.8 Å². The number of alkyl halides is 3. The third kappa shape index (κ3) is 7.67. The van der Waals surface area contributed by atoms with Crippen molar-refractivity contribution in [3.8, 4) is 23.0 Å². The van der Waals surface area contributed by atoms with Crippen molar-refractivity contribution in [3.05, 3.63) is 72.9 Å². The lowest BCUT2D eigenvalue weighted by atomic mass is 10.1. The molecule has 0 bridgehead atoms. The largest absolute Gasteiger partial charge is 0.490 e. The molecule has 0 aliphatic heterocycles. The molecule has 5 rings (SSSR count). The lowest BCUT2D eigenvalue weighted by Crippen LogP contribution is -2.21. The molecule has 0 atom stereocenters. The maximum absolute atomic E-state index is 12.9. The fourth-order valence-corrected chi connectivity index (χ4v) is 4.50. The molecule has 224 valence electrons. The summed E-state index contributed by atoms with van der Waals surface area (Å²) in [5.41, 5.74) is 1.18. The number of benzene rings is 1. The van der Waals surface area contributed by atoms with Gasteiger partial charge in [0.15, 0.2) is 12.4 Å². The number of aryl methyl sites for hydroxylation is 1. The second-order valence-electron chi connectivity index (χ2n) is 8.28. The van der Waals surface area contributed by atoms with Gasteiger partial charge in [-0.15, -0.1) is 0 Å². The number of aromatic nitrogens is 6. The first-order chi connectivity index (χ1) is 20.4. The van der Waals surface area contributed by atoms with E-state index in [9.17, 15) is 21.6 Å². The lowest BCUT2D eigenvalue weighted by Gasteiger charge is -2.12. The molecule has 0 spiro atoms. The number of halogens is 3. The van der Waals surface area contributed by atoms with Gasteiger partial charge < -0.3 is 19.1 Å². The summed E-state index contributed by atoms with van der Waals surface area (Å²) in [7, 11) is -2.37. The number of sulfonamides is 1. The Balaban J connectivity index is 0.000000541. The molecule has 18 heteroatoms. The maximum Gasteiger partial charge on any atom is 0.490 e. The zero-order valence-corrected chi connectivity index (χ0v) is 22.9. The highest BCUT2D eigenvalue weighted by Crippen LogP contribution is 2.34. The van der Waals surface area contributed by atoms with Gasteiger partial charge in [0.25, 0.3) is 15.9 Å². The van der Waals surface area contributed by atoms with E-state index in [2.05, 4.69) is 34.8 Å². The molecule has 5 aromatic rings. The van der Waals surface area contributed by atoms with Gasteiger partial charge in [0.2, 0.25) is 11.8 Å². The monoisotopic (exact) mass is 619 g/mol. The predicted octanol–water partition coefficient (Wildman–Crippen LogP) is 3.80. The fourth-order valence-electron chi connectivity index (χ4n) is 3.46. The van der Waals surface area contributed by atoms with Crippen molar-refractivity contribution in [2.45, 2.75) is 24.6 Å². The van der Waals surface area contributed by atoms with Gasteiger partial charge in [0.05, 0.1) is 23.3 Å². The summed E-state index contributed by atoms with van der Waals surface area (Å²) < 4.78 is 76.1. The molecule has 0 radical (unpaired) electrons. The van der Waals surface area contributed by atoms with Crippen LogP contribution in [0.3, 0.4) is 0 Å². The van der Waals surface area contributed by atoms with E-state index in [1.807, 2.05) is 0 Å². The number of methoxy groups -OCH3 is 1. The smallest absolute Gasteiger partial charge is 0.480 e. The van der Waals surface area contributed by atoms with E-state index in [1.165, 1.54) is 31.8 Å². The molecule has 1 aromatic carbocycles. The molecule has 0 fully saturated rings. The normalized spacial score (nSPS) is 11.4. The van der Waals surface area contributed by atoms with Crippen LogP contribution in [0, 0.1) is 6.92 Å². The van der Waals surface area contributed by atoms with Crippen LogP contribution in [0.1, 0.15) is 11.7 Å². The standard InChI is InChI=1S/C23H19N7O5S.C2HF3O2/c1-14-27-21(35-29-14)12-34-20-6-5-18(23(28-20)33-2)22-17-4-3-16(11-15(17)7-10-25-22)36(31,32)30-19-8-9-24-13-26-19;3-2(4,5)1(6)7/h3-11,13H,12H2,1-2H3,(H,24,26,30);(H,6,7). The first-order valence-corrected chi connectivity index (χ1v) is 13.3. The quantitative estimate of drug-likeness (QED) is 0.255. The first-order valence-electron chi connectivity index (χ1n) is 11.8. The molecule has 0 amide bonds. The number of nitrogens with zero attached hydrogens (tertiary/aromatic N) is 6. The van der Waals surface area contributed by atoms with Crippen LogP contribution in [0.4, 0.5) is 19.0 Å². The summed E-state index contributed by atoms with van der Waals surface area (Å²) in [6.45, 7) is 1.77. The average molecular weight is 620 g/mol. The van der Waals surface area contributed by atoms with E-state index in [0.29, 0.717) is 39.6 Å². The minimum absolute atomic E-state index is 0.0587. The van der Waals surface area contributed by atoms with E-state index in [0.717, 1.165) is 0 Å². The Kier molecular flexibility index (Phi) is 8.98. The number of carboxylic acid groups (broad SMARTS) is 1. The highest BCUT2D eigenvalue weighted by Gasteiger charge is 2.38. The van der Waals surface area contributed by atoms with Crippen molar-refractivity contribution in [3.63, 3.8) is 0 Å². The molecule has 4 aromatic heterocycles. The summed E-state index contributed by atoms with van der Waals surface area (Å²) in [5.74, 6) is -1.15. The zero-order chi connectivity index (χ0) is 31.2. The van der Waals surface area contributed by atoms with Crippen LogP contribution in [0.15, 0.2) is 70.6 Å². The van der Waals surface area contributed by atoms with Gasteiger partial charge in [0, 0.05) is 23.8 Å². The molecule has 0 saturated heterocycles. The summed E-state index contributed by atoms with van der Waals surface area (Å²) in [6.07, 6.45) is -0.777. The minimum atomic E-state index is -5.08.